The molecule has 0 aromatic heterocycles. The summed E-state index contributed by atoms with van der Waals surface area (Å²) in [6.45, 7) is 3.35. The number of hydrogen-bond acceptors (Lipinski definition) is 3. The normalized spacial score (nSPS) is 8.67. The number of carboxylic acid groups (broad SMARTS) is 2. The van der Waals surface area contributed by atoms with Crippen LogP contribution in [0.1, 0.15) is 46.0 Å². The summed E-state index contributed by atoms with van der Waals surface area (Å²) in [5.41, 5.74) is 0. The highest BCUT2D eigenvalue weighted by atomic mass is 16.4. The van der Waals surface area contributed by atoms with E-state index in [4.69, 9.17) is 10.2 Å². The van der Waals surface area contributed by atoms with Crippen LogP contribution >= 0.6 is 0 Å². The lowest BCUT2D eigenvalue weighted by Gasteiger charge is -1.86. The van der Waals surface area contributed by atoms with E-state index in [1.807, 2.05) is 6.92 Å². The number of aliphatic carboxylic acids is 2. The fourth-order valence-electron chi connectivity index (χ4n) is 0.611. The molecule has 5 heteroatoms. The summed E-state index contributed by atoms with van der Waals surface area (Å²) in [6.07, 6.45) is 2.18. The highest BCUT2D eigenvalue weighted by Gasteiger charge is 1.97. The highest BCUT2D eigenvalue weighted by Crippen LogP contribution is 1.91. The van der Waals surface area contributed by atoms with E-state index in [1.165, 1.54) is 6.92 Å². The Morgan fingerprint density at radius 2 is 1.40 bits per heavy atom. The van der Waals surface area contributed by atoms with Crippen LogP contribution < -0.4 is 0 Å². The van der Waals surface area contributed by atoms with E-state index < -0.39 is 11.9 Å². The molecule has 0 saturated carbocycles. The summed E-state index contributed by atoms with van der Waals surface area (Å²) in [4.78, 5) is 29.6. The number of hydrogen-bond donors (Lipinski definition) is 2. The van der Waals surface area contributed by atoms with Crippen LogP contribution in [0.5, 0.6) is 0 Å². The Hall–Kier alpha value is -1.39. The Balaban J connectivity index is 0. The molecule has 0 unspecified atom stereocenters. The Bertz CT molecular complexity index is 196. The van der Waals surface area contributed by atoms with Crippen LogP contribution in [0.15, 0.2) is 0 Å². The number of unbranched alkanes of at least 4 members (excludes halogenated alkanes) is 1. The maximum Gasteiger partial charge on any atom is 0.303 e. The van der Waals surface area contributed by atoms with Gasteiger partial charge < -0.3 is 15.0 Å². The van der Waals surface area contributed by atoms with Crippen molar-refractivity contribution in [2.45, 2.75) is 46.0 Å². The molecular weight excluding hydrogens is 200 g/mol. The minimum atomic E-state index is -0.916. The Morgan fingerprint density at radius 1 is 0.933 bits per heavy atom. The molecular formula is C10H18O5. The van der Waals surface area contributed by atoms with Crippen LogP contribution in [0, 0.1) is 0 Å². The van der Waals surface area contributed by atoms with Gasteiger partial charge in [-0.15, -0.1) is 0 Å². The number of carboxylic acids is 2. The van der Waals surface area contributed by atoms with E-state index in [9.17, 15) is 14.4 Å². The zero-order valence-corrected chi connectivity index (χ0v) is 9.15. The van der Waals surface area contributed by atoms with E-state index in [0.29, 0.717) is 6.42 Å². The van der Waals surface area contributed by atoms with Gasteiger partial charge in [0.25, 0.3) is 0 Å². The van der Waals surface area contributed by atoms with Gasteiger partial charge in [-0.25, -0.2) is 0 Å². The largest absolute Gasteiger partial charge is 0.481 e. The molecule has 0 saturated heterocycles. The monoisotopic (exact) mass is 218 g/mol. The summed E-state index contributed by atoms with van der Waals surface area (Å²) >= 11 is 0. The molecule has 0 aromatic rings. The molecule has 0 aliphatic carbocycles. The Morgan fingerprint density at radius 3 is 1.53 bits per heavy atom. The van der Waals surface area contributed by atoms with Gasteiger partial charge in [0.1, 0.15) is 5.78 Å². The first kappa shape index (κ1) is 16.1. The van der Waals surface area contributed by atoms with Gasteiger partial charge in [-0.1, -0.05) is 13.3 Å². The van der Waals surface area contributed by atoms with Gasteiger partial charge in [-0.2, -0.15) is 0 Å². The van der Waals surface area contributed by atoms with Gasteiger partial charge in [0.05, 0.1) is 6.42 Å². The molecule has 0 atom stereocenters. The first-order valence-corrected chi connectivity index (χ1v) is 4.83. The molecule has 15 heavy (non-hydrogen) atoms. The van der Waals surface area contributed by atoms with Crippen molar-refractivity contribution < 1.29 is 24.6 Å². The maximum atomic E-state index is 10.1. The predicted octanol–water partition coefficient (Wildman–Crippen LogP) is 1.70. The fourth-order valence-corrected chi connectivity index (χ4v) is 0.611. The smallest absolute Gasteiger partial charge is 0.303 e. The number of rotatable bonds is 6. The van der Waals surface area contributed by atoms with Crippen molar-refractivity contribution in [3.63, 3.8) is 0 Å². The van der Waals surface area contributed by atoms with Gasteiger partial charge >= 0.3 is 11.9 Å². The molecule has 0 rings (SSSR count). The summed E-state index contributed by atoms with van der Waals surface area (Å²) < 4.78 is 0. The zero-order chi connectivity index (χ0) is 12.3. The quantitative estimate of drug-likeness (QED) is 0.707. The van der Waals surface area contributed by atoms with Crippen LogP contribution in [0.25, 0.3) is 0 Å². The summed E-state index contributed by atoms with van der Waals surface area (Å²) in [5.74, 6) is -1.69. The van der Waals surface area contributed by atoms with E-state index in [-0.39, 0.29) is 18.6 Å². The van der Waals surface area contributed by atoms with Gasteiger partial charge in [-0.05, 0) is 13.3 Å². The molecule has 0 aliphatic heterocycles. The molecule has 5 nitrogen and oxygen atoms in total. The van der Waals surface area contributed by atoms with Crippen molar-refractivity contribution in [1.82, 2.24) is 0 Å². The standard InChI is InChI=1S/C5H8O3.C5H10O2/c1-4(6)2-3-5(7)8;1-2-3-4-5(6)7/h2-3H2,1H3,(H,7,8);2-4H2,1H3,(H,6,7). The average Bonchev–Trinajstić information content (AvgIpc) is 2.12. The molecule has 0 amide bonds. The van der Waals surface area contributed by atoms with Gasteiger partial charge in [0.15, 0.2) is 0 Å². The predicted molar refractivity (Wildman–Crippen MR) is 54.7 cm³/mol. The van der Waals surface area contributed by atoms with Crippen molar-refractivity contribution in [1.29, 1.82) is 0 Å². The molecule has 0 spiro atoms. The van der Waals surface area contributed by atoms with E-state index in [0.717, 1.165) is 12.8 Å². The molecule has 0 aliphatic rings. The first-order valence-electron chi connectivity index (χ1n) is 4.83. The number of carbonyl (C=O) groups excluding carboxylic acids is 1. The Labute approximate surface area is 89.1 Å². The topological polar surface area (TPSA) is 91.7 Å². The van der Waals surface area contributed by atoms with Gasteiger partial charge in [-0.3, -0.25) is 9.59 Å². The second kappa shape index (κ2) is 10.7. The van der Waals surface area contributed by atoms with Gasteiger partial charge in [0, 0.05) is 12.8 Å². The third-order valence-electron chi connectivity index (χ3n) is 1.44. The van der Waals surface area contributed by atoms with Crippen molar-refractivity contribution >= 4 is 17.7 Å². The zero-order valence-electron chi connectivity index (χ0n) is 9.15. The molecule has 0 bridgehead atoms. The molecule has 88 valence electrons. The Kier molecular flexibility index (Phi) is 11.4. The third kappa shape index (κ3) is 24.5. The first-order chi connectivity index (χ1) is 6.90. The van der Waals surface area contributed by atoms with Crippen LogP contribution in [0.4, 0.5) is 0 Å². The van der Waals surface area contributed by atoms with Gasteiger partial charge in [0.2, 0.25) is 0 Å². The van der Waals surface area contributed by atoms with E-state index in [2.05, 4.69) is 0 Å². The SMILES string of the molecule is CC(=O)CCC(=O)O.CCCCC(=O)O. The summed E-state index contributed by atoms with van der Waals surface area (Å²) in [6, 6.07) is 0. The van der Waals surface area contributed by atoms with Crippen molar-refractivity contribution in [3.05, 3.63) is 0 Å². The molecule has 2 N–H and O–H groups in total. The summed E-state index contributed by atoms with van der Waals surface area (Å²) in [7, 11) is 0. The maximum absolute atomic E-state index is 10.1. The summed E-state index contributed by atoms with van der Waals surface area (Å²) in [5, 5.41) is 16.1. The minimum absolute atomic E-state index is 0.0463. The van der Waals surface area contributed by atoms with E-state index in [1.54, 1.807) is 0 Å². The fraction of sp³-hybridized carbons (Fsp3) is 0.700. The third-order valence-corrected chi connectivity index (χ3v) is 1.44. The second-order valence-corrected chi connectivity index (χ2v) is 3.09. The second-order valence-electron chi connectivity index (χ2n) is 3.09. The van der Waals surface area contributed by atoms with Crippen LogP contribution in [-0.4, -0.2) is 27.9 Å². The lowest BCUT2D eigenvalue weighted by molar-refractivity contribution is -0.138. The molecule has 0 aromatic carbocycles. The van der Waals surface area contributed by atoms with Crippen LogP contribution in [-0.2, 0) is 14.4 Å². The molecule has 0 fully saturated rings. The molecule has 0 heterocycles. The number of ketones is 1. The van der Waals surface area contributed by atoms with E-state index >= 15 is 0 Å². The lowest BCUT2D eigenvalue weighted by atomic mass is 10.2. The van der Waals surface area contributed by atoms with Crippen LogP contribution in [0.3, 0.4) is 0 Å². The number of Topliss-reactive ketones (excluding diaryl/α,β-unsaturated/α-hetero) is 1. The number of carbonyl (C=O) groups is 3. The van der Waals surface area contributed by atoms with Crippen molar-refractivity contribution in [2.75, 3.05) is 0 Å². The van der Waals surface area contributed by atoms with Crippen molar-refractivity contribution in [3.8, 4) is 0 Å². The van der Waals surface area contributed by atoms with Crippen molar-refractivity contribution in [2.24, 2.45) is 0 Å². The molecule has 0 radical (unpaired) electrons. The lowest BCUT2D eigenvalue weighted by Crippen LogP contribution is -1.98. The van der Waals surface area contributed by atoms with Crippen LogP contribution in [0.2, 0.25) is 0 Å². The minimum Gasteiger partial charge on any atom is -0.481 e. The highest BCUT2D eigenvalue weighted by molar-refractivity contribution is 5.80. The average molecular weight is 218 g/mol.